The van der Waals surface area contributed by atoms with E-state index in [0.717, 1.165) is 32.1 Å². The molecule has 1 amide bonds. The van der Waals surface area contributed by atoms with Crippen molar-refractivity contribution in [3.05, 3.63) is 55.9 Å². The molecule has 0 aliphatic carbocycles. The zero-order chi connectivity index (χ0) is 18.3. The van der Waals surface area contributed by atoms with Crippen LogP contribution in [0.3, 0.4) is 0 Å². The first-order valence-electron chi connectivity index (χ1n) is 8.12. The number of hydrogen-bond acceptors (Lipinski definition) is 4. The number of aryl methyl sites for hydroxylation is 5. The SMILES string of the molecule is Cc1ccc(C)c(NC(=O)Cn2c(C)nc3sc(C)c(C)c3c2=O)c1. The number of rotatable bonds is 3. The molecule has 0 atom stereocenters. The van der Waals surface area contributed by atoms with Gasteiger partial charge in [-0.1, -0.05) is 12.1 Å². The van der Waals surface area contributed by atoms with Gasteiger partial charge in [0.2, 0.25) is 5.91 Å². The Hall–Kier alpha value is -2.47. The number of hydrogen-bond donors (Lipinski definition) is 1. The number of carbonyl (C=O) groups excluding carboxylic acids is 1. The molecule has 1 N–H and O–H groups in total. The molecular formula is C19H21N3O2S. The zero-order valence-electron chi connectivity index (χ0n) is 15.1. The summed E-state index contributed by atoms with van der Waals surface area (Å²) < 4.78 is 1.45. The van der Waals surface area contributed by atoms with Crippen LogP contribution in [-0.4, -0.2) is 15.5 Å². The Morgan fingerprint density at radius 3 is 2.64 bits per heavy atom. The Kier molecular flexibility index (Phi) is 4.47. The molecule has 2 heterocycles. The van der Waals surface area contributed by atoms with Gasteiger partial charge in [-0.3, -0.25) is 14.2 Å². The smallest absolute Gasteiger partial charge is 0.263 e. The van der Waals surface area contributed by atoms with Gasteiger partial charge in [-0.05, 0) is 57.4 Å². The molecule has 6 heteroatoms. The molecule has 0 fully saturated rings. The van der Waals surface area contributed by atoms with Crippen molar-refractivity contribution in [2.45, 2.75) is 41.2 Å². The summed E-state index contributed by atoms with van der Waals surface area (Å²) in [5.74, 6) is 0.319. The average Bonchev–Trinajstić information content (AvgIpc) is 2.82. The van der Waals surface area contributed by atoms with Crippen molar-refractivity contribution < 1.29 is 4.79 Å². The van der Waals surface area contributed by atoms with Gasteiger partial charge in [0.05, 0.1) is 5.39 Å². The largest absolute Gasteiger partial charge is 0.324 e. The molecule has 2 aromatic heterocycles. The predicted octanol–water partition coefficient (Wildman–Crippen LogP) is 3.64. The van der Waals surface area contributed by atoms with Gasteiger partial charge in [0, 0.05) is 10.6 Å². The number of carbonyl (C=O) groups is 1. The Bertz CT molecular complexity index is 1050. The van der Waals surface area contributed by atoms with Crippen molar-refractivity contribution >= 4 is 33.1 Å². The van der Waals surface area contributed by atoms with Gasteiger partial charge in [-0.2, -0.15) is 0 Å². The number of benzene rings is 1. The molecule has 0 aliphatic heterocycles. The maximum absolute atomic E-state index is 12.8. The minimum Gasteiger partial charge on any atom is -0.324 e. The quantitative estimate of drug-likeness (QED) is 0.780. The highest BCUT2D eigenvalue weighted by atomic mass is 32.1. The monoisotopic (exact) mass is 355 g/mol. The fourth-order valence-corrected chi connectivity index (χ4v) is 3.88. The predicted molar refractivity (Wildman–Crippen MR) is 103 cm³/mol. The van der Waals surface area contributed by atoms with E-state index in [-0.39, 0.29) is 18.0 Å². The van der Waals surface area contributed by atoms with E-state index < -0.39 is 0 Å². The van der Waals surface area contributed by atoms with Crippen molar-refractivity contribution in [2.75, 3.05) is 5.32 Å². The summed E-state index contributed by atoms with van der Waals surface area (Å²) in [4.78, 5) is 31.7. The van der Waals surface area contributed by atoms with Crippen LogP contribution in [0, 0.1) is 34.6 Å². The third kappa shape index (κ3) is 3.22. The van der Waals surface area contributed by atoms with E-state index in [2.05, 4.69) is 10.3 Å². The van der Waals surface area contributed by atoms with Crippen LogP contribution < -0.4 is 10.9 Å². The minimum absolute atomic E-state index is 0.0463. The van der Waals surface area contributed by atoms with Gasteiger partial charge in [0.1, 0.15) is 17.2 Å². The zero-order valence-corrected chi connectivity index (χ0v) is 15.9. The average molecular weight is 355 g/mol. The summed E-state index contributed by atoms with van der Waals surface area (Å²) in [5.41, 5.74) is 3.62. The number of nitrogens with one attached hydrogen (secondary N) is 1. The summed E-state index contributed by atoms with van der Waals surface area (Å²) >= 11 is 1.52. The highest BCUT2D eigenvalue weighted by molar-refractivity contribution is 7.18. The summed E-state index contributed by atoms with van der Waals surface area (Å²) in [6.45, 7) is 9.54. The van der Waals surface area contributed by atoms with Gasteiger partial charge < -0.3 is 5.32 Å². The van der Waals surface area contributed by atoms with E-state index >= 15 is 0 Å². The summed E-state index contributed by atoms with van der Waals surface area (Å²) in [6, 6.07) is 5.89. The second-order valence-corrected chi connectivity index (χ2v) is 7.58. The third-order valence-electron chi connectivity index (χ3n) is 4.45. The van der Waals surface area contributed by atoms with E-state index in [9.17, 15) is 9.59 Å². The molecule has 0 unspecified atom stereocenters. The molecule has 3 aromatic rings. The van der Waals surface area contributed by atoms with Crippen molar-refractivity contribution in [1.29, 1.82) is 0 Å². The van der Waals surface area contributed by atoms with Crippen LogP contribution in [-0.2, 0) is 11.3 Å². The number of amides is 1. The molecule has 0 aliphatic rings. The van der Waals surface area contributed by atoms with Crippen molar-refractivity contribution in [2.24, 2.45) is 0 Å². The number of aromatic nitrogens is 2. The highest BCUT2D eigenvalue weighted by Gasteiger charge is 2.16. The standard InChI is InChI=1S/C19H21N3O2S/c1-10-6-7-11(2)15(8-10)21-16(23)9-22-14(5)20-18-17(19(22)24)12(3)13(4)25-18/h6-8H,9H2,1-5H3,(H,21,23). The lowest BCUT2D eigenvalue weighted by Gasteiger charge is -2.12. The van der Waals surface area contributed by atoms with Crippen molar-refractivity contribution in [1.82, 2.24) is 9.55 Å². The molecule has 0 saturated carbocycles. The highest BCUT2D eigenvalue weighted by Crippen LogP contribution is 2.26. The molecule has 0 bridgehead atoms. The number of anilines is 1. The van der Waals surface area contributed by atoms with Crippen LogP contribution >= 0.6 is 11.3 Å². The van der Waals surface area contributed by atoms with E-state index in [1.54, 1.807) is 6.92 Å². The van der Waals surface area contributed by atoms with Crippen LogP contribution in [0.25, 0.3) is 10.2 Å². The molecule has 1 aromatic carbocycles. The first-order valence-corrected chi connectivity index (χ1v) is 8.94. The van der Waals surface area contributed by atoms with Crippen LogP contribution in [0.15, 0.2) is 23.0 Å². The Morgan fingerprint density at radius 1 is 1.20 bits per heavy atom. The van der Waals surface area contributed by atoms with E-state index in [4.69, 9.17) is 0 Å². The van der Waals surface area contributed by atoms with Gasteiger partial charge in [0.25, 0.3) is 5.56 Å². The summed E-state index contributed by atoms with van der Waals surface area (Å²) in [7, 11) is 0. The Labute approximate surface area is 150 Å². The molecule has 130 valence electrons. The van der Waals surface area contributed by atoms with Crippen LogP contribution in [0.5, 0.6) is 0 Å². The molecule has 0 spiro atoms. The lowest BCUT2D eigenvalue weighted by molar-refractivity contribution is -0.116. The maximum Gasteiger partial charge on any atom is 0.263 e. The molecular weight excluding hydrogens is 334 g/mol. The molecule has 3 rings (SSSR count). The second kappa shape index (κ2) is 6.44. The molecule has 5 nitrogen and oxygen atoms in total. The van der Waals surface area contributed by atoms with Gasteiger partial charge >= 0.3 is 0 Å². The molecule has 25 heavy (non-hydrogen) atoms. The minimum atomic E-state index is -0.232. The van der Waals surface area contributed by atoms with Crippen LogP contribution in [0.4, 0.5) is 5.69 Å². The van der Waals surface area contributed by atoms with E-state index in [1.165, 1.54) is 15.9 Å². The molecule has 0 saturated heterocycles. The summed E-state index contributed by atoms with van der Waals surface area (Å²) in [5, 5.41) is 3.52. The fraction of sp³-hybridized carbons (Fsp3) is 0.316. The lowest BCUT2D eigenvalue weighted by atomic mass is 10.1. The second-order valence-electron chi connectivity index (χ2n) is 6.38. The van der Waals surface area contributed by atoms with Gasteiger partial charge in [-0.25, -0.2) is 4.98 Å². The van der Waals surface area contributed by atoms with Crippen LogP contribution in [0.1, 0.15) is 27.4 Å². The Morgan fingerprint density at radius 2 is 1.92 bits per heavy atom. The number of nitrogens with zero attached hydrogens (tertiary/aromatic N) is 2. The lowest BCUT2D eigenvalue weighted by Crippen LogP contribution is -2.30. The fourth-order valence-electron chi connectivity index (χ4n) is 2.82. The maximum atomic E-state index is 12.8. The normalized spacial score (nSPS) is 11.1. The van der Waals surface area contributed by atoms with Crippen molar-refractivity contribution in [3.63, 3.8) is 0 Å². The van der Waals surface area contributed by atoms with Gasteiger partial charge in [-0.15, -0.1) is 11.3 Å². The number of thiophene rings is 1. The number of fused-ring (bicyclic) bond motifs is 1. The summed E-state index contributed by atoms with van der Waals surface area (Å²) in [6.07, 6.45) is 0. The first kappa shape index (κ1) is 17.4. The van der Waals surface area contributed by atoms with Gasteiger partial charge in [0.15, 0.2) is 0 Å². The first-order chi connectivity index (χ1) is 11.8. The third-order valence-corrected chi connectivity index (χ3v) is 5.55. The van der Waals surface area contributed by atoms with E-state index in [1.807, 2.05) is 45.9 Å². The van der Waals surface area contributed by atoms with Crippen LogP contribution in [0.2, 0.25) is 0 Å². The topological polar surface area (TPSA) is 64.0 Å². The molecule has 0 radical (unpaired) electrons. The van der Waals surface area contributed by atoms with E-state index in [0.29, 0.717) is 11.2 Å². The Balaban J connectivity index is 1.95. The van der Waals surface area contributed by atoms with Crippen molar-refractivity contribution in [3.8, 4) is 0 Å².